The van der Waals surface area contributed by atoms with Gasteiger partial charge in [-0.1, -0.05) is 78.6 Å². The maximum Gasteiger partial charge on any atom is 0.310 e. The third kappa shape index (κ3) is 9.12. The molecule has 1 aliphatic carbocycles. The predicted molar refractivity (Wildman–Crippen MR) is 110 cm³/mol. The Morgan fingerprint density at radius 2 is 1.59 bits per heavy atom. The Morgan fingerprint density at radius 3 is 2.19 bits per heavy atom. The van der Waals surface area contributed by atoms with Crippen molar-refractivity contribution < 1.29 is 19.4 Å². The SMILES string of the molecule is CCCCCCC(CC(CC)CCCC)OC(=O)C1CCCCC1C(=O)O. The van der Waals surface area contributed by atoms with Crippen LogP contribution in [-0.2, 0) is 14.3 Å². The molecule has 0 aromatic rings. The van der Waals surface area contributed by atoms with Crippen LogP contribution in [0, 0.1) is 17.8 Å². The van der Waals surface area contributed by atoms with Gasteiger partial charge in [-0.3, -0.25) is 9.59 Å². The number of esters is 1. The molecule has 0 spiro atoms. The first-order chi connectivity index (χ1) is 13.0. The molecule has 1 N–H and O–H groups in total. The quantitative estimate of drug-likeness (QED) is 0.280. The van der Waals surface area contributed by atoms with Crippen LogP contribution in [0.4, 0.5) is 0 Å². The number of hydrogen-bond acceptors (Lipinski definition) is 3. The number of carboxylic acids is 1. The standard InChI is InChI=1S/C23H42O4/c1-4-7-9-10-14-19(17-18(6-3)13-8-5-2)27-23(26)21-16-12-11-15-20(21)22(24)25/h18-21H,4-17H2,1-3H3,(H,24,25). The van der Waals surface area contributed by atoms with Gasteiger partial charge in [0.15, 0.2) is 0 Å². The Labute approximate surface area is 166 Å². The highest BCUT2D eigenvalue weighted by Crippen LogP contribution is 2.32. The van der Waals surface area contributed by atoms with Crippen LogP contribution in [0.15, 0.2) is 0 Å². The summed E-state index contributed by atoms with van der Waals surface area (Å²) in [6.07, 6.45) is 14.3. The minimum Gasteiger partial charge on any atom is -0.481 e. The molecule has 1 aliphatic rings. The molecule has 1 fully saturated rings. The summed E-state index contributed by atoms with van der Waals surface area (Å²) in [5.74, 6) is -1.52. The first kappa shape index (κ1) is 24.0. The van der Waals surface area contributed by atoms with Crippen molar-refractivity contribution in [3.63, 3.8) is 0 Å². The molecule has 0 saturated heterocycles. The normalized spacial score (nSPS) is 22.2. The Bertz CT molecular complexity index is 421. The Hall–Kier alpha value is -1.06. The zero-order valence-corrected chi connectivity index (χ0v) is 17.9. The van der Waals surface area contributed by atoms with Gasteiger partial charge in [0.1, 0.15) is 6.10 Å². The van der Waals surface area contributed by atoms with Gasteiger partial charge >= 0.3 is 11.9 Å². The van der Waals surface area contributed by atoms with Crippen molar-refractivity contribution in [2.24, 2.45) is 17.8 Å². The summed E-state index contributed by atoms with van der Waals surface area (Å²) in [4.78, 5) is 24.3. The van der Waals surface area contributed by atoms with Crippen LogP contribution < -0.4 is 0 Å². The topological polar surface area (TPSA) is 63.6 Å². The lowest BCUT2D eigenvalue weighted by atomic mass is 9.79. The molecule has 1 saturated carbocycles. The predicted octanol–water partition coefficient (Wildman–Crippen LogP) is 6.37. The molecule has 0 aromatic heterocycles. The van der Waals surface area contributed by atoms with E-state index < -0.39 is 17.8 Å². The van der Waals surface area contributed by atoms with Crippen molar-refractivity contribution >= 4 is 11.9 Å². The van der Waals surface area contributed by atoms with Gasteiger partial charge in [-0.25, -0.2) is 0 Å². The second-order valence-electron chi connectivity index (χ2n) is 8.40. The van der Waals surface area contributed by atoms with E-state index in [9.17, 15) is 14.7 Å². The van der Waals surface area contributed by atoms with Crippen LogP contribution >= 0.6 is 0 Å². The Balaban J connectivity index is 2.68. The van der Waals surface area contributed by atoms with E-state index in [4.69, 9.17) is 4.74 Å². The minimum atomic E-state index is -0.842. The number of unbranched alkanes of at least 4 members (excludes halogenated alkanes) is 4. The van der Waals surface area contributed by atoms with Crippen LogP contribution in [0.2, 0.25) is 0 Å². The second kappa shape index (κ2) is 14.0. The molecule has 0 heterocycles. The van der Waals surface area contributed by atoms with Gasteiger partial charge in [0.05, 0.1) is 11.8 Å². The third-order valence-electron chi connectivity index (χ3n) is 6.19. The van der Waals surface area contributed by atoms with Gasteiger partial charge in [0.2, 0.25) is 0 Å². The summed E-state index contributed by atoms with van der Waals surface area (Å²) < 4.78 is 5.96. The first-order valence-corrected chi connectivity index (χ1v) is 11.5. The highest BCUT2D eigenvalue weighted by atomic mass is 16.5. The molecule has 0 bridgehead atoms. The molecule has 4 heteroatoms. The van der Waals surface area contributed by atoms with Gasteiger partial charge in [-0.05, 0) is 38.0 Å². The van der Waals surface area contributed by atoms with Crippen molar-refractivity contribution in [3.05, 3.63) is 0 Å². The summed E-state index contributed by atoms with van der Waals surface area (Å²) in [6.45, 7) is 6.63. The monoisotopic (exact) mass is 382 g/mol. The number of carboxylic acid groups (broad SMARTS) is 1. The molecule has 4 atom stereocenters. The van der Waals surface area contributed by atoms with Crippen LogP contribution in [0.25, 0.3) is 0 Å². The summed E-state index contributed by atoms with van der Waals surface area (Å²) in [5, 5.41) is 9.46. The van der Waals surface area contributed by atoms with E-state index in [-0.39, 0.29) is 12.1 Å². The fraction of sp³-hybridized carbons (Fsp3) is 0.913. The second-order valence-corrected chi connectivity index (χ2v) is 8.40. The van der Waals surface area contributed by atoms with Crippen molar-refractivity contribution in [3.8, 4) is 0 Å². The van der Waals surface area contributed by atoms with Crippen LogP contribution in [0.1, 0.15) is 111 Å². The van der Waals surface area contributed by atoms with Crippen molar-refractivity contribution in [2.45, 2.75) is 117 Å². The van der Waals surface area contributed by atoms with Gasteiger partial charge in [-0.2, -0.15) is 0 Å². The van der Waals surface area contributed by atoms with E-state index in [1.807, 2.05) is 0 Å². The van der Waals surface area contributed by atoms with Crippen LogP contribution in [0.3, 0.4) is 0 Å². The highest BCUT2D eigenvalue weighted by molar-refractivity contribution is 5.81. The molecule has 27 heavy (non-hydrogen) atoms. The number of hydrogen-bond donors (Lipinski definition) is 1. The lowest BCUT2D eigenvalue weighted by Crippen LogP contribution is -2.36. The summed E-state index contributed by atoms with van der Waals surface area (Å²) in [5.41, 5.74) is 0. The molecule has 0 aliphatic heterocycles. The third-order valence-corrected chi connectivity index (χ3v) is 6.19. The first-order valence-electron chi connectivity index (χ1n) is 11.5. The van der Waals surface area contributed by atoms with Crippen molar-refractivity contribution in [1.29, 1.82) is 0 Å². The fourth-order valence-electron chi connectivity index (χ4n) is 4.34. The Kier molecular flexibility index (Phi) is 12.4. The molecule has 0 radical (unpaired) electrons. The van der Waals surface area contributed by atoms with Gasteiger partial charge in [-0.15, -0.1) is 0 Å². The molecule has 4 unspecified atom stereocenters. The summed E-state index contributed by atoms with van der Waals surface area (Å²) in [6, 6.07) is 0. The van der Waals surface area contributed by atoms with Crippen molar-refractivity contribution in [2.75, 3.05) is 0 Å². The number of rotatable bonds is 14. The highest BCUT2D eigenvalue weighted by Gasteiger charge is 2.37. The van der Waals surface area contributed by atoms with E-state index in [0.717, 1.165) is 38.5 Å². The number of aliphatic carboxylic acids is 1. The molecular weight excluding hydrogens is 340 g/mol. The molecule has 4 nitrogen and oxygen atoms in total. The van der Waals surface area contributed by atoms with Gasteiger partial charge in [0.25, 0.3) is 0 Å². The fourth-order valence-corrected chi connectivity index (χ4v) is 4.34. The van der Waals surface area contributed by atoms with Crippen LogP contribution in [-0.4, -0.2) is 23.1 Å². The van der Waals surface area contributed by atoms with Gasteiger partial charge in [0, 0.05) is 0 Å². The largest absolute Gasteiger partial charge is 0.481 e. The van der Waals surface area contributed by atoms with Gasteiger partial charge < -0.3 is 9.84 Å². The minimum absolute atomic E-state index is 0.0486. The van der Waals surface area contributed by atoms with E-state index in [1.54, 1.807) is 0 Å². The summed E-state index contributed by atoms with van der Waals surface area (Å²) in [7, 11) is 0. The average molecular weight is 383 g/mol. The number of ether oxygens (including phenoxy) is 1. The van der Waals surface area contributed by atoms with E-state index in [0.29, 0.717) is 18.8 Å². The van der Waals surface area contributed by atoms with E-state index in [1.165, 1.54) is 38.5 Å². The smallest absolute Gasteiger partial charge is 0.310 e. The van der Waals surface area contributed by atoms with Crippen molar-refractivity contribution in [1.82, 2.24) is 0 Å². The molecule has 0 amide bonds. The number of carbonyl (C=O) groups excluding carboxylic acids is 1. The maximum atomic E-state index is 12.8. The van der Waals surface area contributed by atoms with Crippen LogP contribution in [0.5, 0.6) is 0 Å². The Morgan fingerprint density at radius 1 is 0.926 bits per heavy atom. The van der Waals surface area contributed by atoms with E-state index >= 15 is 0 Å². The van der Waals surface area contributed by atoms with E-state index in [2.05, 4.69) is 20.8 Å². The molecule has 158 valence electrons. The molecule has 1 rings (SSSR count). The number of carbonyl (C=O) groups is 2. The molecular formula is C23H42O4. The summed E-state index contributed by atoms with van der Waals surface area (Å²) >= 11 is 0. The maximum absolute atomic E-state index is 12.8. The zero-order chi connectivity index (χ0) is 20.1. The lowest BCUT2D eigenvalue weighted by Gasteiger charge is -2.30. The zero-order valence-electron chi connectivity index (χ0n) is 17.9. The molecule has 0 aromatic carbocycles. The average Bonchev–Trinajstić information content (AvgIpc) is 2.67. The lowest BCUT2D eigenvalue weighted by molar-refractivity contribution is -0.164.